The number of para-hydroxylation sites is 2. The second-order valence-corrected chi connectivity index (χ2v) is 5.42. The summed E-state index contributed by atoms with van der Waals surface area (Å²) in [5.74, 6) is 0.765. The summed E-state index contributed by atoms with van der Waals surface area (Å²) in [5.41, 5.74) is 0.783. The number of aryl methyl sites for hydroxylation is 1. The van der Waals surface area contributed by atoms with Gasteiger partial charge in [0.15, 0.2) is 0 Å². The van der Waals surface area contributed by atoms with Crippen LogP contribution in [-0.4, -0.2) is 9.91 Å². The highest BCUT2D eigenvalue weighted by Crippen LogP contribution is 2.33. The average Bonchev–Trinajstić information content (AvgIpc) is 2.78. The molecule has 1 heterocycles. The lowest BCUT2D eigenvalue weighted by molar-refractivity contribution is -0.385. The fourth-order valence-electron chi connectivity index (χ4n) is 1.91. The Morgan fingerprint density at radius 3 is 2.85 bits per heavy atom. The van der Waals surface area contributed by atoms with Gasteiger partial charge >= 0.3 is 5.69 Å². The van der Waals surface area contributed by atoms with E-state index in [1.165, 1.54) is 6.07 Å². The lowest BCUT2D eigenvalue weighted by Gasteiger charge is -2.05. The molecule has 3 rings (SSSR count). The molecule has 20 heavy (non-hydrogen) atoms. The van der Waals surface area contributed by atoms with Crippen molar-refractivity contribution in [3.8, 4) is 11.5 Å². The van der Waals surface area contributed by atoms with Crippen LogP contribution in [0.4, 0.5) is 5.69 Å². The normalized spacial score (nSPS) is 10.7. The molecular weight excluding hydrogens is 276 g/mol. The summed E-state index contributed by atoms with van der Waals surface area (Å²) >= 11 is 1.60. The summed E-state index contributed by atoms with van der Waals surface area (Å²) in [7, 11) is 0. The van der Waals surface area contributed by atoms with Crippen LogP contribution in [0, 0.1) is 17.0 Å². The first-order valence-corrected chi connectivity index (χ1v) is 6.73. The first-order chi connectivity index (χ1) is 9.63. The van der Waals surface area contributed by atoms with E-state index in [2.05, 4.69) is 4.98 Å². The van der Waals surface area contributed by atoms with E-state index in [-0.39, 0.29) is 11.4 Å². The second-order valence-electron chi connectivity index (χ2n) is 4.19. The summed E-state index contributed by atoms with van der Waals surface area (Å²) in [5, 5.41) is 11.9. The van der Waals surface area contributed by atoms with Crippen molar-refractivity contribution in [2.75, 3.05) is 0 Å². The Morgan fingerprint density at radius 1 is 1.25 bits per heavy atom. The lowest BCUT2D eigenvalue weighted by Crippen LogP contribution is -1.92. The van der Waals surface area contributed by atoms with Crippen molar-refractivity contribution in [1.29, 1.82) is 0 Å². The Hall–Kier alpha value is -2.47. The van der Waals surface area contributed by atoms with Crippen molar-refractivity contribution < 1.29 is 9.66 Å². The standard InChI is InChI=1S/C14H10N2O3S/c1-9-15-11-8-10(6-7-14(11)20-9)19-13-5-3-2-4-12(13)16(17)18/h2-8H,1H3. The van der Waals surface area contributed by atoms with Crippen LogP contribution in [0.15, 0.2) is 42.5 Å². The number of fused-ring (bicyclic) bond motifs is 1. The van der Waals surface area contributed by atoms with Gasteiger partial charge in [0.2, 0.25) is 5.75 Å². The van der Waals surface area contributed by atoms with Crippen molar-refractivity contribution >= 4 is 27.2 Å². The largest absolute Gasteiger partial charge is 0.450 e. The summed E-state index contributed by atoms with van der Waals surface area (Å²) in [6.07, 6.45) is 0. The molecular formula is C14H10N2O3S. The third-order valence-corrected chi connectivity index (χ3v) is 3.71. The Kier molecular flexibility index (Phi) is 3.08. The predicted octanol–water partition coefficient (Wildman–Crippen LogP) is 4.31. The van der Waals surface area contributed by atoms with Gasteiger partial charge in [-0.3, -0.25) is 10.1 Å². The zero-order valence-corrected chi connectivity index (χ0v) is 11.4. The molecule has 6 heteroatoms. The summed E-state index contributed by atoms with van der Waals surface area (Å²) in [6, 6.07) is 11.8. The van der Waals surface area contributed by atoms with E-state index < -0.39 is 4.92 Å². The van der Waals surface area contributed by atoms with Gasteiger partial charge in [-0.1, -0.05) is 12.1 Å². The molecule has 3 aromatic rings. The number of hydrogen-bond acceptors (Lipinski definition) is 5. The molecule has 0 spiro atoms. The van der Waals surface area contributed by atoms with Crippen LogP contribution in [0.5, 0.6) is 11.5 Å². The Morgan fingerprint density at radius 2 is 2.05 bits per heavy atom. The van der Waals surface area contributed by atoms with Crippen LogP contribution < -0.4 is 4.74 Å². The topological polar surface area (TPSA) is 65.3 Å². The highest BCUT2D eigenvalue weighted by Gasteiger charge is 2.14. The molecule has 0 saturated heterocycles. The molecule has 0 radical (unpaired) electrons. The lowest BCUT2D eigenvalue weighted by atomic mass is 10.3. The SMILES string of the molecule is Cc1nc2cc(Oc3ccccc3[N+](=O)[O-])ccc2s1. The van der Waals surface area contributed by atoms with Gasteiger partial charge in [0.05, 0.1) is 20.1 Å². The molecule has 0 saturated carbocycles. The van der Waals surface area contributed by atoms with E-state index in [0.29, 0.717) is 5.75 Å². The molecule has 0 aliphatic carbocycles. The third kappa shape index (κ3) is 2.33. The number of benzene rings is 2. The number of hydrogen-bond donors (Lipinski definition) is 0. The van der Waals surface area contributed by atoms with Crippen molar-refractivity contribution in [3.63, 3.8) is 0 Å². The van der Waals surface area contributed by atoms with Crippen LogP contribution in [0.3, 0.4) is 0 Å². The van der Waals surface area contributed by atoms with Gasteiger partial charge in [-0.2, -0.15) is 0 Å². The van der Waals surface area contributed by atoms with Gasteiger partial charge in [0.25, 0.3) is 0 Å². The number of nitro benzene ring substituents is 1. The van der Waals surface area contributed by atoms with Gasteiger partial charge in [0, 0.05) is 12.1 Å². The molecule has 0 fully saturated rings. The van der Waals surface area contributed by atoms with Crippen molar-refractivity contribution in [2.24, 2.45) is 0 Å². The minimum absolute atomic E-state index is 0.0537. The van der Waals surface area contributed by atoms with Crippen LogP contribution >= 0.6 is 11.3 Å². The zero-order chi connectivity index (χ0) is 14.1. The number of thiazole rings is 1. The average molecular weight is 286 g/mol. The molecule has 0 unspecified atom stereocenters. The molecule has 0 atom stereocenters. The van der Waals surface area contributed by atoms with E-state index in [4.69, 9.17) is 4.74 Å². The molecule has 0 amide bonds. The van der Waals surface area contributed by atoms with E-state index in [0.717, 1.165) is 15.2 Å². The highest BCUT2D eigenvalue weighted by molar-refractivity contribution is 7.18. The van der Waals surface area contributed by atoms with Gasteiger partial charge in [-0.25, -0.2) is 4.98 Å². The number of nitrogens with zero attached hydrogens (tertiary/aromatic N) is 2. The fraction of sp³-hybridized carbons (Fsp3) is 0.0714. The minimum Gasteiger partial charge on any atom is -0.450 e. The van der Waals surface area contributed by atoms with Crippen LogP contribution in [0.2, 0.25) is 0 Å². The van der Waals surface area contributed by atoms with Crippen molar-refractivity contribution in [1.82, 2.24) is 4.98 Å². The monoisotopic (exact) mass is 286 g/mol. The maximum Gasteiger partial charge on any atom is 0.311 e. The molecule has 1 aromatic heterocycles. The molecule has 0 aliphatic rings. The maximum absolute atomic E-state index is 10.9. The van der Waals surface area contributed by atoms with E-state index in [1.54, 1.807) is 41.7 Å². The first kappa shape index (κ1) is 12.6. The maximum atomic E-state index is 10.9. The predicted molar refractivity (Wildman–Crippen MR) is 77.5 cm³/mol. The van der Waals surface area contributed by atoms with E-state index in [9.17, 15) is 10.1 Å². The molecule has 2 aromatic carbocycles. The van der Waals surface area contributed by atoms with Crippen molar-refractivity contribution in [3.05, 3.63) is 57.6 Å². The van der Waals surface area contributed by atoms with Gasteiger partial charge in [-0.15, -0.1) is 11.3 Å². The Labute approximate surface area is 118 Å². The quantitative estimate of drug-likeness (QED) is 0.531. The van der Waals surface area contributed by atoms with Crippen LogP contribution in [0.25, 0.3) is 10.2 Å². The molecule has 5 nitrogen and oxygen atoms in total. The Bertz CT molecular complexity index is 798. The number of rotatable bonds is 3. The van der Waals surface area contributed by atoms with Crippen LogP contribution in [-0.2, 0) is 0 Å². The number of ether oxygens (including phenoxy) is 1. The molecule has 100 valence electrons. The second kappa shape index (κ2) is 4.90. The van der Waals surface area contributed by atoms with Crippen molar-refractivity contribution in [2.45, 2.75) is 6.92 Å². The smallest absolute Gasteiger partial charge is 0.311 e. The molecule has 0 N–H and O–H groups in total. The summed E-state index contributed by atoms with van der Waals surface area (Å²) in [6.45, 7) is 1.94. The van der Waals surface area contributed by atoms with Crippen LogP contribution in [0.1, 0.15) is 5.01 Å². The summed E-state index contributed by atoms with van der Waals surface area (Å²) < 4.78 is 6.68. The van der Waals surface area contributed by atoms with Gasteiger partial charge in [-0.05, 0) is 25.1 Å². The highest BCUT2D eigenvalue weighted by atomic mass is 32.1. The fourth-order valence-corrected chi connectivity index (χ4v) is 2.71. The number of nitro groups is 1. The van der Waals surface area contributed by atoms with E-state index >= 15 is 0 Å². The minimum atomic E-state index is -0.457. The summed E-state index contributed by atoms with van der Waals surface area (Å²) in [4.78, 5) is 14.9. The first-order valence-electron chi connectivity index (χ1n) is 5.92. The van der Waals surface area contributed by atoms with Gasteiger partial charge < -0.3 is 4.74 Å². The zero-order valence-electron chi connectivity index (χ0n) is 10.6. The molecule has 0 bridgehead atoms. The van der Waals surface area contributed by atoms with E-state index in [1.807, 2.05) is 13.0 Å². The number of aromatic nitrogens is 1. The third-order valence-electron chi connectivity index (χ3n) is 2.76. The Balaban J connectivity index is 1.98. The molecule has 0 aliphatic heterocycles. The van der Waals surface area contributed by atoms with Gasteiger partial charge in [0.1, 0.15) is 5.75 Å².